The van der Waals surface area contributed by atoms with Crippen LogP contribution in [0.15, 0.2) is 45.7 Å². The Bertz CT molecular complexity index is 1080. The number of furan rings is 1. The van der Waals surface area contributed by atoms with E-state index < -0.39 is 35.2 Å². The third-order valence-electron chi connectivity index (χ3n) is 4.08. The third kappa shape index (κ3) is 5.24. The van der Waals surface area contributed by atoms with Crippen molar-refractivity contribution in [2.45, 2.75) is 26.4 Å². The minimum absolute atomic E-state index is 0.121. The van der Waals surface area contributed by atoms with E-state index in [4.69, 9.17) is 13.9 Å². The van der Waals surface area contributed by atoms with E-state index in [1.54, 1.807) is 57.2 Å². The largest absolute Gasteiger partial charge is 0.465 e. The van der Waals surface area contributed by atoms with Crippen molar-refractivity contribution in [2.24, 2.45) is 0 Å². The Balaban J connectivity index is 1.79. The maximum atomic E-state index is 12.6. The number of methoxy groups -OCH3 is 1. The number of hydrogen-bond donors (Lipinski definition) is 0. The van der Waals surface area contributed by atoms with Crippen LogP contribution in [-0.2, 0) is 19.1 Å². The van der Waals surface area contributed by atoms with Crippen LogP contribution in [0.1, 0.15) is 36.9 Å². The fraction of sp³-hybridized carbons (Fsp3) is 0.273. The van der Waals surface area contributed by atoms with Gasteiger partial charge in [0.05, 0.1) is 17.6 Å². The summed E-state index contributed by atoms with van der Waals surface area (Å²) in [7, 11) is 1.29. The van der Waals surface area contributed by atoms with Crippen LogP contribution in [0, 0.1) is 0 Å². The van der Waals surface area contributed by atoms with E-state index in [1.165, 1.54) is 13.2 Å². The van der Waals surface area contributed by atoms with Gasteiger partial charge in [-0.2, -0.15) is 0 Å². The zero-order valence-corrected chi connectivity index (χ0v) is 18.3. The molecule has 8 nitrogen and oxygen atoms in total. The minimum Gasteiger partial charge on any atom is -0.465 e. The van der Waals surface area contributed by atoms with Crippen LogP contribution in [0.5, 0.6) is 0 Å². The van der Waals surface area contributed by atoms with Gasteiger partial charge in [-0.25, -0.2) is 4.79 Å². The molecule has 1 aliphatic heterocycles. The number of esters is 2. The SMILES string of the molecule is COC(=O)c1ccccc1-c1ccc(/C=C2\SC(=O)N(CC(=O)OC(C)(C)C)C2=O)o1. The predicted molar refractivity (Wildman–Crippen MR) is 114 cm³/mol. The van der Waals surface area contributed by atoms with E-state index in [9.17, 15) is 19.2 Å². The quantitative estimate of drug-likeness (QED) is 0.502. The molecular weight excluding hydrogens is 422 g/mol. The van der Waals surface area contributed by atoms with Crippen LogP contribution in [0.3, 0.4) is 0 Å². The Morgan fingerprint density at radius 1 is 1.13 bits per heavy atom. The molecule has 0 unspecified atom stereocenters. The number of rotatable bonds is 5. The molecule has 2 aromatic rings. The van der Waals surface area contributed by atoms with Gasteiger partial charge in [0.25, 0.3) is 11.1 Å². The lowest BCUT2D eigenvalue weighted by molar-refractivity contribution is -0.156. The van der Waals surface area contributed by atoms with Crippen LogP contribution < -0.4 is 0 Å². The van der Waals surface area contributed by atoms with Crippen molar-refractivity contribution in [3.05, 3.63) is 52.6 Å². The summed E-state index contributed by atoms with van der Waals surface area (Å²) in [4.78, 5) is 49.7. The molecule has 2 amide bonds. The summed E-state index contributed by atoms with van der Waals surface area (Å²) < 4.78 is 15.7. The number of benzene rings is 1. The van der Waals surface area contributed by atoms with Crippen molar-refractivity contribution in [1.82, 2.24) is 4.90 Å². The van der Waals surface area contributed by atoms with Crippen LogP contribution in [-0.4, -0.2) is 47.2 Å². The lowest BCUT2D eigenvalue weighted by Crippen LogP contribution is -2.37. The molecule has 162 valence electrons. The van der Waals surface area contributed by atoms with Crippen molar-refractivity contribution in [3.63, 3.8) is 0 Å². The van der Waals surface area contributed by atoms with Crippen molar-refractivity contribution < 1.29 is 33.1 Å². The highest BCUT2D eigenvalue weighted by Gasteiger charge is 2.37. The fourth-order valence-corrected chi connectivity index (χ4v) is 3.65. The van der Waals surface area contributed by atoms with Crippen molar-refractivity contribution >= 4 is 40.9 Å². The van der Waals surface area contributed by atoms with Crippen LogP contribution in [0.2, 0.25) is 0 Å². The number of nitrogens with zero attached hydrogens (tertiary/aromatic N) is 1. The van der Waals surface area contributed by atoms with Gasteiger partial charge in [0.1, 0.15) is 23.7 Å². The first-order chi connectivity index (χ1) is 14.6. The highest BCUT2D eigenvalue weighted by Crippen LogP contribution is 2.34. The topological polar surface area (TPSA) is 103 Å². The first-order valence-corrected chi connectivity index (χ1v) is 10.2. The summed E-state index contributed by atoms with van der Waals surface area (Å²) in [5.74, 6) is -1.06. The number of amides is 2. The number of hydrogen-bond acceptors (Lipinski definition) is 8. The van der Waals surface area contributed by atoms with Gasteiger partial charge in [-0.15, -0.1) is 0 Å². The predicted octanol–water partition coefficient (Wildman–Crippen LogP) is 4.11. The highest BCUT2D eigenvalue weighted by atomic mass is 32.2. The average Bonchev–Trinajstić information content (AvgIpc) is 3.26. The maximum absolute atomic E-state index is 12.6. The van der Waals surface area contributed by atoms with E-state index in [0.29, 0.717) is 34.4 Å². The Hall–Kier alpha value is -3.33. The normalized spacial score (nSPS) is 15.5. The summed E-state index contributed by atoms with van der Waals surface area (Å²) in [6, 6.07) is 10.1. The Labute approximate surface area is 183 Å². The van der Waals surface area contributed by atoms with Crippen LogP contribution >= 0.6 is 11.8 Å². The minimum atomic E-state index is -0.722. The van der Waals surface area contributed by atoms with Crippen LogP contribution in [0.4, 0.5) is 4.79 Å². The van der Waals surface area contributed by atoms with E-state index in [0.717, 1.165) is 4.90 Å². The molecule has 0 saturated carbocycles. The molecule has 0 N–H and O–H groups in total. The smallest absolute Gasteiger partial charge is 0.338 e. The summed E-state index contributed by atoms with van der Waals surface area (Å²) in [5, 5.41) is -0.565. The van der Waals surface area contributed by atoms with Crippen molar-refractivity contribution in [1.29, 1.82) is 0 Å². The van der Waals surface area contributed by atoms with Gasteiger partial charge in [0, 0.05) is 11.6 Å². The number of thioether (sulfide) groups is 1. The van der Waals surface area contributed by atoms with Gasteiger partial charge in [-0.05, 0) is 50.7 Å². The fourth-order valence-electron chi connectivity index (χ4n) is 2.83. The molecule has 9 heteroatoms. The number of ether oxygens (including phenoxy) is 2. The molecular formula is C22H21NO7S. The van der Waals surface area contributed by atoms with Crippen molar-refractivity contribution in [3.8, 4) is 11.3 Å². The molecule has 1 aromatic heterocycles. The van der Waals surface area contributed by atoms with E-state index in [2.05, 4.69) is 0 Å². The molecule has 1 aliphatic rings. The molecule has 0 atom stereocenters. The highest BCUT2D eigenvalue weighted by molar-refractivity contribution is 8.18. The summed E-state index contributed by atoms with van der Waals surface area (Å²) >= 11 is 0.710. The second kappa shape index (κ2) is 8.81. The van der Waals surface area contributed by atoms with Gasteiger partial charge in [0.2, 0.25) is 0 Å². The molecule has 0 radical (unpaired) electrons. The van der Waals surface area contributed by atoms with Gasteiger partial charge in [0.15, 0.2) is 0 Å². The summed E-state index contributed by atoms with van der Waals surface area (Å²) in [6.45, 7) is 4.64. The zero-order valence-electron chi connectivity index (χ0n) is 17.5. The lowest BCUT2D eigenvalue weighted by atomic mass is 10.1. The monoisotopic (exact) mass is 443 g/mol. The number of carbonyl (C=O) groups is 4. The number of imide groups is 1. The summed E-state index contributed by atoms with van der Waals surface area (Å²) in [6.07, 6.45) is 1.42. The van der Waals surface area contributed by atoms with E-state index in [-0.39, 0.29) is 4.91 Å². The van der Waals surface area contributed by atoms with Gasteiger partial charge in [-0.1, -0.05) is 18.2 Å². The second-order valence-electron chi connectivity index (χ2n) is 7.59. The summed E-state index contributed by atoms with van der Waals surface area (Å²) in [5.41, 5.74) is 0.148. The first-order valence-electron chi connectivity index (χ1n) is 9.34. The Morgan fingerprint density at radius 3 is 2.52 bits per heavy atom. The Kier molecular flexibility index (Phi) is 6.35. The maximum Gasteiger partial charge on any atom is 0.338 e. The zero-order chi connectivity index (χ0) is 22.8. The first kappa shape index (κ1) is 22.4. The second-order valence-corrected chi connectivity index (χ2v) is 8.59. The van der Waals surface area contributed by atoms with E-state index in [1.807, 2.05) is 0 Å². The third-order valence-corrected chi connectivity index (χ3v) is 4.99. The molecule has 1 fully saturated rings. The van der Waals surface area contributed by atoms with Crippen LogP contribution in [0.25, 0.3) is 17.4 Å². The van der Waals surface area contributed by atoms with Gasteiger partial charge < -0.3 is 13.9 Å². The molecule has 2 heterocycles. The molecule has 0 bridgehead atoms. The molecule has 0 spiro atoms. The van der Waals surface area contributed by atoms with E-state index >= 15 is 0 Å². The lowest BCUT2D eigenvalue weighted by Gasteiger charge is -2.21. The molecule has 0 aliphatic carbocycles. The Morgan fingerprint density at radius 2 is 1.84 bits per heavy atom. The molecule has 31 heavy (non-hydrogen) atoms. The van der Waals surface area contributed by atoms with Crippen molar-refractivity contribution in [2.75, 3.05) is 13.7 Å². The average molecular weight is 443 g/mol. The van der Waals surface area contributed by atoms with Gasteiger partial charge in [-0.3, -0.25) is 19.3 Å². The van der Waals surface area contributed by atoms with Gasteiger partial charge >= 0.3 is 11.9 Å². The molecule has 1 saturated heterocycles. The molecule has 3 rings (SSSR count). The number of carbonyl (C=O) groups excluding carboxylic acids is 4. The standard InChI is InChI=1S/C22H21NO7S/c1-22(2,3)30-18(24)12-23-19(25)17(31-21(23)27)11-13-9-10-16(29-13)14-7-5-6-8-15(14)20(26)28-4/h5-11H,12H2,1-4H3/b17-11-. The molecule has 1 aromatic carbocycles.